The standard InChI is InChI=1S/C20H25N3O4S/c1-4-11-28(26,27)23-17-10-6-9-16(12-17)20(25)21-13-18(24)22-19-14(2)7-5-8-15(19)3/h5-10,12,23H,4,11,13H2,1-3H3,(H,21,25)(H,22,24). The van der Waals surface area contributed by atoms with Crippen molar-refractivity contribution in [2.75, 3.05) is 22.3 Å². The first-order valence-electron chi connectivity index (χ1n) is 8.96. The van der Waals surface area contributed by atoms with Gasteiger partial charge in [0.15, 0.2) is 0 Å². The average Bonchev–Trinajstić information content (AvgIpc) is 2.62. The third-order valence-electron chi connectivity index (χ3n) is 4.03. The minimum Gasteiger partial charge on any atom is -0.343 e. The Morgan fingerprint density at radius 1 is 1.00 bits per heavy atom. The van der Waals surface area contributed by atoms with Crippen molar-refractivity contribution in [3.63, 3.8) is 0 Å². The summed E-state index contributed by atoms with van der Waals surface area (Å²) in [6.07, 6.45) is 0.491. The summed E-state index contributed by atoms with van der Waals surface area (Å²) in [4.78, 5) is 24.5. The largest absolute Gasteiger partial charge is 0.343 e. The van der Waals surface area contributed by atoms with Crippen LogP contribution in [0.3, 0.4) is 0 Å². The molecule has 8 heteroatoms. The van der Waals surface area contributed by atoms with Crippen molar-refractivity contribution in [1.82, 2.24) is 5.32 Å². The SMILES string of the molecule is CCCS(=O)(=O)Nc1cccc(C(=O)NCC(=O)Nc2c(C)cccc2C)c1. The Hall–Kier alpha value is -2.87. The van der Waals surface area contributed by atoms with E-state index in [1.807, 2.05) is 32.0 Å². The van der Waals surface area contributed by atoms with E-state index in [4.69, 9.17) is 0 Å². The van der Waals surface area contributed by atoms with Gasteiger partial charge in [-0.2, -0.15) is 0 Å². The fourth-order valence-corrected chi connectivity index (χ4v) is 3.81. The molecule has 0 saturated carbocycles. The second kappa shape index (κ2) is 9.36. The molecular formula is C20H25N3O4S. The van der Waals surface area contributed by atoms with Crippen LogP contribution in [0.4, 0.5) is 11.4 Å². The Balaban J connectivity index is 1.98. The van der Waals surface area contributed by atoms with E-state index in [2.05, 4.69) is 15.4 Å². The first-order valence-corrected chi connectivity index (χ1v) is 10.6. The normalized spacial score (nSPS) is 11.0. The summed E-state index contributed by atoms with van der Waals surface area (Å²) in [5.41, 5.74) is 3.17. The summed E-state index contributed by atoms with van der Waals surface area (Å²) in [7, 11) is -3.44. The molecule has 150 valence electrons. The Labute approximate surface area is 165 Å². The van der Waals surface area contributed by atoms with E-state index in [0.717, 1.165) is 16.8 Å². The Kier molecular flexibility index (Phi) is 7.17. The summed E-state index contributed by atoms with van der Waals surface area (Å²) in [6, 6.07) is 11.8. The van der Waals surface area contributed by atoms with E-state index in [1.54, 1.807) is 25.1 Å². The zero-order valence-corrected chi connectivity index (χ0v) is 17.0. The maximum Gasteiger partial charge on any atom is 0.251 e. The molecule has 0 radical (unpaired) electrons. The number of nitrogens with one attached hydrogen (secondary N) is 3. The van der Waals surface area contributed by atoms with Crippen molar-refractivity contribution in [2.45, 2.75) is 27.2 Å². The van der Waals surface area contributed by atoms with Crippen LogP contribution >= 0.6 is 0 Å². The molecule has 3 N–H and O–H groups in total. The first kappa shape index (κ1) is 21.4. The molecule has 0 aromatic heterocycles. The minimum absolute atomic E-state index is 0.00190. The molecule has 0 aliphatic rings. The van der Waals surface area contributed by atoms with Gasteiger partial charge in [0.05, 0.1) is 12.3 Å². The van der Waals surface area contributed by atoms with E-state index in [9.17, 15) is 18.0 Å². The Morgan fingerprint density at radius 3 is 2.29 bits per heavy atom. The summed E-state index contributed by atoms with van der Waals surface area (Å²) >= 11 is 0. The number of aryl methyl sites for hydroxylation is 2. The third kappa shape index (κ3) is 6.09. The van der Waals surface area contributed by atoms with Crippen LogP contribution in [0.1, 0.15) is 34.8 Å². The molecule has 0 unspecified atom stereocenters. The van der Waals surface area contributed by atoms with Crippen molar-refractivity contribution in [3.05, 3.63) is 59.2 Å². The monoisotopic (exact) mass is 403 g/mol. The lowest BCUT2D eigenvalue weighted by Crippen LogP contribution is -2.33. The van der Waals surface area contributed by atoms with Gasteiger partial charge in [-0.05, 0) is 49.6 Å². The number of hydrogen-bond donors (Lipinski definition) is 3. The van der Waals surface area contributed by atoms with Crippen molar-refractivity contribution < 1.29 is 18.0 Å². The van der Waals surface area contributed by atoms with Gasteiger partial charge in [0.1, 0.15) is 0 Å². The van der Waals surface area contributed by atoms with Crippen LogP contribution in [-0.4, -0.2) is 32.5 Å². The number of para-hydroxylation sites is 1. The maximum atomic E-state index is 12.3. The molecule has 0 aliphatic carbocycles. The highest BCUT2D eigenvalue weighted by molar-refractivity contribution is 7.92. The lowest BCUT2D eigenvalue weighted by molar-refractivity contribution is -0.115. The average molecular weight is 404 g/mol. The molecule has 0 atom stereocenters. The molecule has 2 amide bonds. The van der Waals surface area contributed by atoms with Gasteiger partial charge < -0.3 is 10.6 Å². The van der Waals surface area contributed by atoms with Crippen molar-refractivity contribution in [2.24, 2.45) is 0 Å². The molecular weight excluding hydrogens is 378 g/mol. The predicted octanol–water partition coefficient (Wildman–Crippen LogP) is 2.82. The molecule has 7 nitrogen and oxygen atoms in total. The van der Waals surface area contributed by atoms with Crippen LogP contribution in [0.15, 0.2) is 42.5 Å². The summed E-state index contributed by atoms with van der Waals surface area (Å²) in [5.74, 6) is -0.805. The van der Waals surface area contributed by atoms with E-state index in [-0.39, 0.29) is 23.8 Å². The maximum absolute atomic E-state index is 12.3. The van der Waals surface area contributed by atoms with E-state index >= 15 is 0 Å². The molecule has 0 bridgehead atoms. The summed E-state index contributed by atoms with van der Waals surface area (Å²) in [5, 5.41) is 5.34. The molecule has 2 rings (SSSR count). The highest BCUT2D eigenvalue weighted by Gasteiger charge is 2.13. The van der Waals surface area contributed by atoms with E-state index < -0.39 is 15.9 Å². The number of rotatable bonds is 8. The van der Waals surface area contributed by atoms with Gasteiger partial charge in [0, 0.05) is 16.9 Å². The van der Waals surface area contributed by atoms with Gasteiger partial charge in [-0.3, -0.25) is 14.3 Å². The smallest absolute Gasteiger partial charge is 0.251 e. The molecule has 2 aromatic carbocycles. The van der Waals surface area contributed by atoms with Crippen LogP contribution < -0.4 is 15.4 Å². The molecule has 0 fully saturated rings. The van der Waals surface area contributed by atoms with Gasteiger partial charge in [-0.15, -0.1) is 0 Å². The third-order valence-corrected chi connectivity index (χ3v) is 5.52. The predicted molar refractivity (Wildman–Crippen MR) is 111 cm³/mol. The van der Waals surface area contributed by atoms with Gasteiger partial charge in [0.25, 0.3) is 5.91 Å². The van der Waals surface area contributed by atoms with Gasteiger partial charge in [-0.1, -0.05) is 31.2 Å². The zero-order chi connectivity index (χ0) is 20.7. The second-order valence-electron chi connectivity index (χ2n) is 6.50. The van der Waals surface area contributed by atoms with Crippen molar-refractivity contribution in [1.29, 1.82) is 0 Å². The molecule has 0 aliphatic heterocycles. The van der Waals surface area contributed by atoms with Crippen molar-refractivity contribution >= 4 is 33.2 Å². The Morgan fingerprint density at radius 2 is 1.64 bits per heavy atom. The quantitative estimate of drug-likeness (QED) is 0.630. The van der Waals surface area contributed by atoms with Gasteiger partial charge in [-0.25, -0.2) is 8.42 Å². The fraction of sp³-hybridized carbons (Fsp3) is 0.300. The summed E-state index contributed by atoms with van der Waals surface area (Å²) in [6.45, 7) is 5.36. The van der Waals surface area contributed by atoms with Gasteiger partial charge in [0.2, 0.25) is 15.9 Å². The summed E-state index contributed by atoms with van der Waals surface area (Å²) < 4.78 is 26.2. The lowest BCUT2D eigenvalue weighted by Gasteiger charge is -2.12. The molecule has 0 heterocycles. The number of carbonyl (C=O) groups excluding carboxylic acids is 2. The zero-order valence-electron chi connectivity index (χ0n) is 16.2. The molecule has 2 aromatic rings. The van der Waals surface area contributed by atoms with E-state index in [0.29, 0.717) is 12.1 Å². The van der Waals surface area contributed by atoms with Crippen LogP contribution in [0.5, 0.6) is 0 Å². The molecule has 0 saturated heterocycles. The number of sulfonamides is 1. The van der Waals surface area contributed by atoms with Crippen LogP contribution in [0.2, 0.25) is 0 Å². The van der Waals surface area contributed by atoms with Crippen molar-refractivity contribution in [3.8, 4) is 0 Å². The highest BCUT2D eigenvalue weighted by Crippen LogP contribution is 2.19. The molecule has 28 heavy (non-hydrogen) atoms. The minimum atomic E-state index is -3.44. The number of hydrogen-bond acceptors (Lipinski definition) is 4. The van der Waals surface area contributed by atoms with Crippen LogP contribution in [-0.2, 0) is 14.8 Å². The fourth-order valence-electron chi connectivity index (χ4n) is 2.68. The number of amides is 2. The second-order valence-corrected chi connectivity index (χ2v) is 8.34. The first-order chi connectivity index (χ1) is 13.2. The Bertz CT molecular complexity index is 951. The lowest BCUT2D eigenvalue weighted by atomic mass is 10.1. The number of anilines is 2. The topological polar surface area (TPSA) is 104 Å². The van der Waals surface area contributed by atoms with Crippen LogP contribution in [0.25, 0.3) is 0 Å². The highest BCUT2D eigenvalue weighted by atomic mass is 32.2. The molecule has 0 spiro atoms. The number of carbonyl (C=O) groups is 2. The van der Waals surface area contributed by atoms with E-state index in [1.165, 1.54) is 6.07 Å². The number of benzene rings is 2. The van der Waals surface area contributed by atoms with Crippen LogP contribution in [0, 0.1) is 13.8 Å². The van der Waals surface area contributed by atoms with Gasteiger partial charge >= 0.3 is 0 Å².